The van der Waals surface area contributed by atoms with E-state index in [9.17, 15) is 5.11 Å². The molecule has 2 heterocycles. The number of nitrogens with zero attached hydrogens (tertiary/aromatic N) is 3. The Hall–Kier alpha value is -1.72. The fourth-order valence-corrected chi connectivity index (χ4v) is 2.29. The van der Waals surface area contributed by atoms with E-state index >= 15 is 0 Å². The molecule has 0 spiro atoms. The zero-order valence-corrected chi connectivity index (χ0v) is 10.9. The third kappa shape index (κ3) is 2.83. The molecule has 0 saturated carbocycles. The predicted molar refractivity (Wildman–Crippen MR) is 70.4 cm³/mol. The molecule has 0 radical (unpaired) electrons. The topological polar surface area (TPSA) is 62.4 Å². The quantitative estimate of drug-likeness (QED) is 0.907. The van der Waals surface area contributed by atoms with Crippen LogP contribution in [-0.4, -0.2) is 39.3 Å². The van der Waals surface area contributed by atoms with Crippen molar-refractivity contribution in [2.45, 2.75) is 26.0 Å². The second-order valence-corrected chi connectivity index (χ2v) is 5.06. The van der Waals surface area contributed by atoms with Crippen molar-refractivity contribution < 1.29 is 9.63 Å². The fraction of sp³-hybridized carbons (Fsp3) is 0.429. The van der Waals surface area contributed by atoms with Crippen LogP contribution in [0.1, 0.15) is 17.9 Å². The van der Waals surface area contributed by atoms with Crippen molar-refractivity contribution in [2.24, 2.45) is 0 Å². The molecule has 3 rings (SSSR count). The van der Waals surface area contributed by atoms with Crippen molar-refractivity contribution in [3.8, 4) is 11.4 Å². The first-order valence-electron chi connectivity index (χ1n) is 6.51. The summed E-state index contributed by atoms with van der Waals surface area (Å²) in [6, 6.07) is 8.04. The van der Waals surface area contributed by atoms with Gasteiger partial charge in [0.2, 0.25) is 11.7 Å². The van der Waals surface area contributed by atoms with E-state index in [-0.39, 0.29) is 6.10 Å². The van der Waals surface area contributed by atoms with Crippen LogP contribution in [0, 0.1) is 6.92 Å². The molecule has 5 heteroatoms. The second-order valence-electron chi connectivity index (χ2n) is 5.06. The third-order valence-electron chi connectivity index (χ3n) is 3.38. The van der Waals surface area contributed by atoms with E-state index in [1.807, 2.05) is 31.2 Å². The lowest BCUT2D eigenvalue weighted by molar-refractivity contribution is 0.169. The van der Waals surface area contributed by atoms with E-state index in [4.69, 9.17) is 4.52 Å². The summed E-state index contributed by atoms with van der Waals surface area (Å²) < 4.78 is 5.26. The molecule has 1 aromatic heterocycles. The van der Waals surface area contributed by atoms with Gasteiger partial charge >= 0.3 is 0 Å². The van der Waals surface area contributed by atoms with Crippen molar-refractivity contribution in [2.75, 3.05) is 13.1 Å². The monoisotopic (exact) mass is 259 g/mol. The summed E-state index contributed by atoms with van der Waals surface area (Å²) in [6.07, 6.45) is 0.596. The van der Waals surface area contributed by atoms with Gasteiger partial charge in [0.05, 0.1) is 12.6 Å². The summed E-state index contributed by atoms with van der Waals surface area (Å²) in [6.45, 7) is 4.21. The Bertz CT molecular complexity index is 550. The largest absolute Gasteiger partial charge is 0.392 e. The Morgan fingerprint density at radius 3 is 2.84 bits per heavy atom. The van der Waals surface area contributed by atoms with E-state index < -0.39 is 0 Å². The minimum Gasteiger partial charge on any atom is -0.392 e. The number of rotatable bonds is 3. The summed E-state index contributed by atoms with van der Waals surface area (Å²) in [7, 11) is 0. The highest BCUT2D eigenvalue weighted by molar-refractivity contribution is 5.54. The standard InChI is InChI=1S/C14H17N3O2/c1-10-2-4-11(5-3-10)14-15-13(19-16-14)9-17-7-6-12(18)8-17/h2-5,12,18H,6-9H2,1H3/t12-/m1/s1. The Morgan fingerprint density at radius 1 is 1.37 bits per heavy atom. The maximum Gasteiger partial charge on any atom is 0.241 e. The highest BCUT2D eigenvalue weighted by atomic mass is 16.5. The second kappa shape index (κ2) is 5.11. The summed E-state index contributed by atoms with van der Waals surface area (Å²) in [5.41, 5.74) is 2.17. The molecule has 0 bridgehead atoms. The average molecular weight is 259 g/mol. The van der Waals surface area contributed by atoms with Crippen LogP contribution < -0.4 is 0 Å². The van der Waals surface area contributed by atoms with Gasteiger partial charge < -0.3 is 9.63 Å². The Kier molecular flexibility index (Phi) is 3.31. The Labute approximate surface area is 111 Å². The van der Waals surface area contributed by atoms with Crippen molar-refractivity contribution >= 4 is 0 Å². The maximum atomic E-state index is 9.48. The summed E-state index contributed by atoms with van der Waals surface area (Å²) >= 11 is 0. The molecule has 5 nitrogen and oxygen atoms in total. The SMILES string of the molecule is Cc1ccc(-c2noc(CN3CC[C@@H](O)C3)n2)cc1. The van der Waals surface area contributed by atoms with Gasteiger partial charge in [-0.2, -0.15) is 4.98 Å². The van der Waals surface area contributed by atoms with E-state index in [1.54, 1.807) is 0 Å². The van der Waals surface area contributed by atoms with E-state index in [0.717, 1.165) is 18.5 Å². The molecule has 1 saturated heterocycles. The van der Waals surface area contributed by atoms with Gasteiger partial charge in [0.15, 0.2) is 0 Å². The lowest BCUT2D eigenvalue weighted by Gasteiger charge is -2.10. The van der Waals surface area contributed by atoms with Gasteiger partial charge in [0, 0.05) is 18.7 Å². The van der Waals surface area contributed by atoms with Gasteiger partial charge in [-0.3, -0.25) is 4.90 Å². The minimum atomic E-state index is -0.223. The van der Waals surface area contributed by atoms with Gasteiger partial charge in [-0.15, -0.1) is 0 Å². The van der Waals surface area contributed by atoms with Crippen LogP contribution in [0.25, 0.3) is 11.4 Å². The first kappa shape index (κ1) is 12.3. The van der Waals surface area contributed by atoms with Gasteiger partial charge in [-0.1, -0.05) is 35.0 Å². The third-order valence-corrected chi connectivity index (χ3v) is 3.38. The first-order valence-corrected chi connectivity index (χ1v) is 6.51. The van der Waals surface area contributed by atoms with Crippen LogP contribution in [-0.2, 0) is 6.54 Å². The van der Waals surface area contributed by atoms with Crippen molar-refractivity contribution in [1.29, 1.82) is 0 Å². The smallest absolute Gasteiger partial charge is 0.241 e. The molecule has 0 aliphatic carbocycles. The van der Waals surface area contributed by atoms with Crippen molar-refractivity contribution in [1.82, 2.24) is 15.0 Å². The maximum absolute atomic E-state index is 9.48. The number of aryl methyl sites for hydroxylation is 1. The molecule has 0 unspecified atom stereocenters. The van der Waals surface area contributed by atoms with Crippen LogP contribution in [0.15, 0.2) is 28.8 Å². The zero-order chi connectivity index (χ0) is 13.2. The lowest BCUT2D eigenvalue weighted by atomic mass is 10.1. The van der Waals surface area contributed by atoms with Crippen molar-refractivity contribution in [3.05, 3.63) is 35.7 Å². The Morgan fingerprint density at radius 2 is 2.16 bits per heavy atom. The molecule has 1 N–H and O–H groups in total. The van der Waals surface area contributed by atoms with Crippen molar-refractivity contribution in [3.63, 3.8) is 0 Å². The summed E-state index contributed by atoms with van der Waals surface area (Å²) in [5, 5.41) is 13.5. The average Bonchev–Trinajstić information content (AvgIpc) is 3.00. The van der Waals surface area contributed by atoms with Crippen LogP contribution in [0.2, 0.25) is 0 Å². The number of hydrogen-bond acceptors (Lipinski definition) is 5. The van der Waals surface area contributed by atoms with Crippen LogP contribution in [0.5, 0.6) is 0 Å². The van der Waals surface area contributed by atoms with Crippen LogP contribution >= 0.6 is 0 Å². The Balaban J connectivity index is 1.71. The lowest BCUT2D eigenvalue weighted by Crippen LogP contribution is -2.21. The van der Waals surface area contributed by atoms with E-state index in [2.05, 4.69) is 15.0 Å². The van der Waals surface area contributed by atoms with Crippen LogP contribution in [0.3, 0.4) is 0 Å². The van der Waals surface area contributed by atoms with Gasteiger partial charge in [0.1, 0.15) is 0 Å². The molecule has 1 aromatic carbocycles. The predicted octanol–water partition coefficient (Wildman–Crippen LogP) is 1.61. The molecular formula is C14H17N3O2. The molecule has 2 aromatic rings. The molecule has 19 heavy (non-hydrogen) atoms. The normalized spacial score (nSPS) is 20.0. The highest BCUT2D eigenvalue weighted by Gasteiger charge is 2.22. The van der Waals surface area contributed by atoms with Gasteiger partial charge in [-0.25, -0.2) is 0 Å². The van der Waals surface area contributed by atoms with Crippen LogP contribution in [0.4, 0.5) is 0 Å². The molecule has 0 amide bonds. The molecule has 100 valence electrons. The number of aromatic nitrogens is 2. The molecular weight excluding hydrogens is 242 g/mol. The number of aliphatic hydroxyl groups is 1. The van der Waals surface area contributed by atoms with E-state index in [1.165, 1.54) is 5.56 Å². The summed E-state index contributed by atoms with van der Waals surface area (Å²) in [4.78, 5) is 6.52. The minimum absolute atomic E-state index is 0.223. The summed E-state index contributed by atoms with van der Waals surface area (Å²) in [5.74, 6) is 1.22. The molecule has 1 aliphatic heterocycles. The number of aliphatic hydroxyl groups excluding tert-OH is 1. The van der Waals surface area contributed by atoms with Gasteiger partial charge in [0.25, 0.3) is 0 Å². The molecule has 1 fully saturated rings. The fourth-order valence-electron chi connectivity index (χ4n) is 2.29. The van der Waals surface area contributed by atoms with E-state index in [0.29, 0.717) is 24.8 Å². The first-order chi connectivity index (χ1) is 9.20. The number of hydrogen-bond donors (Lipinski definition) is 1. The highest BCUT2D eigenvalue weighted by Crippen LogP contribution is 2.18. The number of likely N-dealkylation sites (tertiary alicyclic amines) is 1. The number of benzene rings is 1. The number of β-amino-alcohol motifs (C(OH)–C–C–N with tert-alkyl or cyclic N) is 1. The molecule has 1 aliphatic rings. The molecule has 1 atom stereocenters. The zero-order valence-electron chi connectivity index (χ0n) is 10.9. The van der Waals surface area contributed by atoms with Gasteiger partial charge in [-0.05, 0) is 13.3 Å².